The normalized spacial score (nSPS) is 20.9. The highest BCUT2D eigenvalue weighted by Gasteiger charge is 2.26. The van der Waals surface area contributed by atoms with Crippen molar-refractivity contribution in [2.75, 3.05) is 7.05 Å². The number of rotatable bonds is 2. The average Bonchev–Trinajstić information content (AvgIpc) is 2.46. The largest absolute Gasteiger partial charge is 0.313 e. The predicted molar refractivity (Wildman–Crippen MR) is 88.0 cm³/mol. The molecule has 3 heteroatoms. The van der Waals surface area contributed by atoms with Gasteiger partial charge in [0.05, 0.1) is 0 Å². The van der Waals surface area contributed by atoms with Gasteiger partial charge in [-0.05, 0) is 48.7 Å². The summed E-state index contributed by atoms with van der Waals surface area (Å²) in [5, 5.41) is 4.24. The molecular formula is C17H19Cl2N. The van der Waals surface area contributed by atoms with Crippen LogP contribution in [0.15, 0.2) is 48.5 Å². The molecule has 0 radical (unpaired) electrons. The second kappa shape index (κ2) is 6.62. The van der Waals surface area contributed by atoms with Gasteiger partial charge in [-0.2, -0.15) is 0 Å². The number of benzene rings is 2. The standard InChI is InChI=1S/C17H18ClN.ClH/c1-19-17-10-9-14(12-5-4-6-13(18)11-12)15-7-2-3-8-16(15)17;/h2-8,11,14,17,19H,9-10H2,1H3;1H/t14-,17-;/m1./s1. The highest BCUT2D eigenvalue weighted by molar-refractivity contribution is 6.30. The lowest BCUT2D eigenvalue weighted by Gasteiger charge is -2.31. The van der Waals surface area contributed by atoms with Crippen molar-refractivity contribution in [3.8, 4) is 0 Å². The minimum Gasteiger partial charge on any atom is -0.313 e. The van der Waals surface area contributed by atoms with E-state index in [1.807, 2.05) is 19.2 Å². The van der Waals surface area contributed by atoms with Crippen LogP contribution in [0.4, 0.5) is 0 Å². The number of fused-ring (bicyclic) bond motifs is 1. The quantitative estimate of drug-likeness (QED) is 0.828. The van der Waals surface area contributed by atoms with E-state index >= 15 is 0 Å². The van der Waals surface area contributed by atoms with Crippen molar-refractivity contribution >= 4 is 24.0 Å². The minimum atomic E-state index is 0. The van der Waals surface area contributed by atoms with Crippen LogP contribution in [0, 0.1) is 0 Å². The maximum absolute atomic E-state index is 6.13. The molecule has 2 aromatic carbocycles. The third-order valence-electron chi connectivity index (χ3n) is 4.09. The summed E-state index contributed by atoms with van der Waals surface area (Å²) in [5.41, 5.74) is 4.20. The van der Waals surface area contributed by atoms with Crippen molar-refractivity contribution < 1.29 is 0 Å². The fourth-order valence-electron chi connectivity index (χ4n) is 3.16. The Morgan fingerprint density at radius 1 is 1.00 bits per heavy atom. The lowest BCUT2D eigenvalue weighted by Crippen LogP contribution is -2.24. The van der Waals surface area contributed by atoms with E-state index in [0.717, 1.165) is 5.02 Å². The Morgan fingerprint density at radius 3 is 2.45 bits per heavy atom. The Balaban J connectivity index is 0.00000147. The van der Waals surface area contributed by atoms with Crippen LogP contribution in [-0.2, 0) is 0 Å². The highest BCUT2D eigenvalue weighted by Crippen LogP contribution is 2.41. The SMILES string of the molecule is CN[C@@H]1CC[C@H](c2cccc(Cl)c2)c2ccccc21.Cl. The van der Waals surface area contributed by atoms with Gasteiger partial charge in [-0.25, -0.2) is 0 Å². The summed E-state index contributed by atoms with van der Waals surface area (Å²) in [6, 6.07) is 17.5. The third kappa shape index (κ3) is 2.85. The van der Waals surface area contributed by atoms with Crippen LogP contribution < -0.4 is 5.32 Å². The topological polar surface area (TPSA) is 12.0 Å². The molecule has 106 valence electrons. The second-order valence-corrected chi connectivity index (χ2v) is 5.59. The molecule has 0 amide bonds. The first-order chi connectivity index (χ1) is 9.29. The summed E-state index contributed by atoms with van der Waals surface area (Å²) < 4.78 is 0. The van der Waals surface area contributed by atoms with Crippen molar-refractivity contribution in [1.82, 2.24) is 5.32 Å². The van der Waals surface area contributed by atoms with E-state index in [0.29, 0.717) is 12.0 Å². The van der Waals surface area contributed by atoms with Gasteiger partial charge in [0.15, 0.2) is 0 Å². The number of nitrogens with one attached hydrogen (secondary N) is 1. The zero-order chi connectivity index (χ0) is 13.2. The Bertz CT molecular complexity index is 583. The predicted octanol–water partition coefficient (Wildman–Crippen LogP) is 4.95. The lowest BCUT2D eigenvalue weighted by molar-refractivity contribution is 0.471. The molecule has 1 aliphatic rings. The summed E-state index contributed by atoms with van der Waals surface area (Å²) in [6.45, 7) is 0. The Morgan fingerprint density at radius 2 is 1.75 bits per heavy atom. The van der Waals surface area contributed by atoms with Gasteiger partial charge < -0.3 is 5.32 Å². The molecule has 0 unspecified atom stereocenters. The summed E-state index contributed by atoms with van der Waals surface area (Å²) in [7, 11) is 2.04. The van der Waals surface area contributed by atoms with Crippen LogP contribution in [0.2, 0.25) is 5.02 Å². The molecule has 0 fully saturated rings. The Kier molecular flexibility index (Phi) is 5.09. The minimum absolute atomic E-state index is 0. The molecule has 0 heterocycles. The summed E-state index contributed by atoms with van der Waals surface area (Å²) in [5.74, 6) is 0.472. The van der Waals surface area contributed by atoms with Crippen molar-refractivity contribution in [3.63, 3.8) is 0 Å². The number of hydrogen-bond donors (Lipinski definition) is 1. The van der Waals surface area contributed by atoms with Crippen LogP contribution in [0.5, 0.6) is 0 Å². The first-order valence-electron chi connectivity index (χ1n) is 6.81. The molecule has 2 atom stereocenters. The van der Waals surface area contributed by atoms with E-state index in [-0.39, 0.29) is 12.4 Å². The molecule has 0 saturated carbocycles. The van der Waals surface area contributed by atoms with E-state index in [1.165, 1.54) is 29.5 Å². The van der Waals surface area contributed by atoms with E-state index in [4.69, 9.17) is 11.6 Å². The molecular weight excluding hydrogens is 289 g/mol. The molecule has 3 rings (SSSR count). The molecule has 0 saturated heterocycles. The van der Waals surface area contributed by atoms with Gasteiger partial charge >= 0.3 is 0 Å². The van der Waals surface area contributed by atoms with Crippen LogP contribution in [-0.4, -0.2) is 7.05 Å². The first kappa shape index (κ1) is 15.4. The molecule has 0 bridgehead atoms. The maximum atomic E-state index is 6.13. The fourth-order valence-corrected chi connectivity index (χ4v) is 3.36. The van der Waals surface area contributed by atoms with Crippen molar-refractivity contribution in [2.45, 2.75) is 24.8 Å². The van der Waals surface area contributed by atoms with Crippen molar-refractivity contribution in [3.05, 3.63) is 70.2 Å². The molecule has 0 spiro atoms. The number of hydrogen-bond acceptors (Lipinski definition) is 1. The highest BCUT2D eigenvalue weighted by atomic mass is 35.5. The zero-order valence-corrected chi connectivity index (χ0v) is 13.0. The molecule has 1 nitrogen and oxygen atoms in total. The second-order valence-electron chi connectivity index (χ2n) is 5.16. The first-order valence-corrected chi connectivity index (χ1v) is 7.19. The Hall–Kier alpha value is -1.02. The smallest absolute Gasteiger partial charge is 0.0408 e. The van der Waals surface area contributed by atoms with Gasteiger partial charge in [-0.15, -0.1) is 12.4 Å². The van der Waals surface area contributed by atoms with Gasteiger partial charge in [0.2, 0.25) is 0 Å². The summed E-state index contributed by atoms with van der Waals surface area (Å²) in [4.78, 5) is 0. The number of halogens is 2. The molecule has 1 N–H and O–H groups in total. The molecule has 0 aromatic heterocycles. The summed E-state index contributed by atoms with van der Waals surface area (Å²) in [6.07, 6.45) is 2.34. The van der Waals surface area contributed by atoms with E-state index < -0.39 is 0 Å². The van der Waals surface area contributed by atoms with Gasteiger partial charge in [0.1, 0.15) is 0 Å². The van der Waals surface area contributed by atoms with Crippen molar-refractivity contribution in [1.29, 1.82) is 0 Å². The summed E-state index contributed by atoms with van der Waals surface area (Å²) >= 11 is 6.13. The zero-order valence-electron chi connectivity index (χ0n) is 11.5. The molecule has 2 aromatic rings. The maximum Gasteiger partial charge on any atom is 0.0408 e. The van der Waals surface area contributed by atoms with Gasteiger partial charge in [0.25, 0.3) is 0 Å². The molecule has 0 aliphatic heterocycles. The van der Waals surface area contributed by atoms with E-state index in [9.17, 15) is 0 Å². The van der Waals surface area contributed by atoms with E-state index in [2.05, 4.69) is 41.7 Å². The molecule has 20 heavy (non-hydrogen) atoms. The third-order valence-corrected chi connectivity index (χ3v) is 4.33. The van der Waals surface area contributed by atoms with E-state index in [1.54, 1.807) is 0 Å². The van der Waals surface area contributed by atoms with Crippen LogP contribution in [0.25, 0.3) is 0 Å². The Labute approximate surface area is 131 Å². The van der Waals surface area contributed by atoms with Gasteiger partial charge in [0, 0.05) is 17.0 Å². The lowest BCUT2D eigenvalue weighted by atomic mass is 9.77. The molecule has 1 aliphatic carbocycles. The fraction of sp³-hybridized carbons (Fsp3) is 0.294. The average molecular weight is 308 g/mol. The van der Waals surface area contributed by atoms with Crippen LogP contribution >= 0.6 is 24.0 Å². The van der Waals surface area contributed by atoms with Crippen LogP contribution in [0.1, 0.15) is 41.5 Å². The van der Waals surface area contributed by atoms with Gasteiger partial charge in [-0.3, -0.25) is 0 Å². The van der Waals surface area contributed by atoms with Gasteiger partial charge in [-0.1, -0.05) is 48.0 Å². The monoisotopic (exact) mass is 307 g/mol. The van der Waals surface area contributed by atoms with Crippen LogP contribution in [0.3, 0.4) is 0 Å². The van der Waals surface area contributed by atoms with Crippen molar-refractivity contribution in [2.24, 2.45) is 0 Å².